The zero-order valence-electron chi connectivity index (χ0n) is 10.6. The van der Waals surface area contributed by atoms with E-state index in [9.17, 15) is 4.39 Å². The summed E-state index contributed by atoms with van der Waals surface area (Å²) >= 11 is 4.99. The average molecular weight is 276 g/mol. The van der Waals surface area contributed by atoms with E-state index < -0.39 is 5.82 Å². The second-order valence-electron chi connectivity index (χ2n) is 4.16. The summed E-state index contributed by atoms with van der Waals surface area (Å²) < 4.78 is 19.1. The van der Waals surface area contributed by atoms with Crippen molar-refractivity contribution in [3.05, 3.63) is 53.0 Å². The Kier molecular flexibility index (Phi) is 3.76. The monoisotopic (exact) mass is 276 g/mol. The molecule has 5 heteroatoms. The van der Waals surface area contributed by atoms with Gasteiger partial charge in [-0.05, 0) is 37.6 Å². The van der Waals surface area contributed by atoms with Gasteiger partial charge < -0.3 is 10.5 Å². The second-order valence-corrected chi connectivity index (χ2v) is 4.60. The van der Waals surface area contributed by atoms with Gasteiger partial charge in [-0.15, -0.1) is 0 Å². The van der Waals surface area contributed by atoms with Gasteiger partial charge in [0.05, 0.1) is 5.56 Å². The Morgan fingerprint density at radius 1 is 1.32 bits per heavy atom. The van der Waals surface area contributed by atoms with E-state index in [0.29, 0.717) is 5.56 Å². The smallest absolute Gasteiger partial charge is 0.230 e. The number of benzene rings is 1. The molecule has 0 radical (unpaired) electrons. The summed E-state index contributed by atoms with van der Waals surface area (Å²) in [5.41, 5.74) is 7.81. The first-order chi connectivity index (χ1) is 8.99. The molecular weight excluding hydrogens is 263 g/mol. The number of hydrogen-bond acceptors (Lipinski definition) is 3. The van der Waals surface area contributed by atoms with E-state index in [-0.39, 0.29) is 16.6 Å². The van der Waals surface area contributed by atoms with Crippen LogP contribution < -0.4 is 10.5 Å². The van der Waals surface area contributed by atoms with Gasteiger partial charge in [0.2, 0.25) is 5.88 Å². The zero-order chi connectivity index (χ0) is 14.0. The summed E-state index contributed by atoms with van der Waals surface area (Å²) in [4.78, 5) is 4.41. The molecule has 0 amide bonds. The number of aromatic nitrogens is 1. The van der Waals surface area contributed by atoms with Crippen LogP contribution in [0.5, 0.6) is 11.6 Å². The molecule has 0 aliphatic rings. The fourth-order valence-electron chi connectivity index (χ4n) is 1.81. The van der Waals surface area contributed by atoms with Crippen LogP contribution in [0.2, 0.25) is 0 Å². The van der Waals surface area contributed by atoms with E-state index in [1.807, 2.05) is 19.9 Å². The molecule has 2 N–H and O–H groups in total. The third kappa shape index (κ3) is 2.88. The van der Waals surface area contributed by atoms with Gasteiger partial charge in [0.25, 0.3) is 0 Å². The van der Waals surface area contributed by atoms with Crippen molar-refractivity contribution in [2.45, 2.75) is 13.8 Å². The van der Waals surface area contributed by atoms with Crippen molar-refractivity contribution >= 4 is 17.2 Å². The standard InChI is InChI=1S/C14H13FN2OS/c1-8-7-9(2)17-14(12(8)13(16)19)18-11-6-4-3-5-10(11)15/h3-7H,1-2H3,(H2,16,19). The maximum atomic E-state index is 13.6. The molecule has 98 valence electrons. The van der Waals surface area contributed by atoms with Crippen LogP contribution in [-0.4, -0.2) is 9.97 Å². The first kappa shape index (κ1) is 13.4. The van der Waals surface area contributed by atoms with Crippen molar-refractivity contribution in [1.29, 1.82) is 0 Å². The van der Waals surface area contributed by atoms with Gasteiger partial charge in [0.1, 0.15) is 4.99 Å². The minimum Gasteiger partial charge on any atom is -0.435 e. The topological polar surface area (TPSA) is 48.1 Å². The number of rotatable bonds is 3. The first-order valence-electron chi connectivity index (χ1n) is 5.69. The number of nitrogens with zero attached hydrogens (tertiary/aromatic N) is 1. The Morgan fingerprint density at radius 3 is 2.63 bits per heavy atom. The molecule has 0 saturated carbocycles. The maximum absolute atomic E-state index is 13.6. The van der Waals surface area contributed by atoms with E-state index in [4.69, 9.17) is 22.7 Å². The van der Waals surface area contributed by atoms with Gasteiger partial charge in [-0.2, -0.15) is 0 Å². The highest BCUT2D eigenvalue weighted by Gasteiger charge is 2.15. The Bertz CT molecular complexity index is 643. The largest absolute Gasteiger partial charge is 0.435 e. The van der Waals surface area contributed by atoms with Gasteiger partial charge in [-0.1, -0.05) is 24.4 Å². The predicted molar refractivity (Wildman–Crippen MR) is 76.1 cm³/mol. The lowest BCUT2D eigenvalue weighted by Gasteiger charge is -2.13. The molecule has 2 aromatic rings. The van der Waals surface area contributed by atoms with Crippen LogP contribution in [0.25, 0.3) is 0 Å². The molecule has 0 fully saturated rings. The Labute approximate surface area is 116 Å². The molecule has 0 unspecified atom stereocenters. The van der Waals surface area contributed by atoms with Gasteiger partial charge in [0.15, 0.2) is 11.6 Å². The number of halogens is 1. The summed E-state index contributed by atoms with van der Waals surface area (Å²) in [7, 11) is 0. The molecule has 1 heterocycles. The van der Waals surface area contributed by atoms with Crippen LogP contribution in [-0.2, 0) is 0 Å². The number of pyridine rings is 1. The molecule has 1 aromatic heterocycles. The van der Waals surface area contributed by atoms with Gasteiger partial charge in [-0.25, -0.2) is 9.37 Å². The number of aryl methyl sites for hydroxylation is 2. The zero-order valence-corrected chi connectivity index (χ0v) is 11.4. The highest BCUT2D eigenvalue weighted by Crippen LogP contribution is 2.27. The van der Waals surface area contributed by atoms with Crippen LogP contribution in [0, 0.1) is 19.7 Å². The number of thiocarbonyl (C=S) groups is 1. The lowest BCUT2D eigenvalue weighted by molar-refractivity contribution is 0.425. The Balaban J connectivity index is 2.51. The van der Waals surface area contributed by atoms with Crippen molar-refractivity contribution in [2.75, 3.05) is 0 Å². The molecule has 19 heavy (non-hydrogen) atoms. The minimum absolute atomic E-state index is 0.0949. The number of nitrogens with two attached hydrogens (primary N) is 1. The van der Waals surface area contributed by atoms with Crippen LogP contribution in [0.15, 0.2) is 30.3 Å². The van der Waals surface area contributed by atoms with Crippen molar-refractivity contribution in [2.24, 2.45) is 5.73 Å². The van der Waals surface area contributed by atoms with Gasteiger partial charge in [0, 0.05) is 5.69 Å². The summed E-state index contributed by atoms with van der Waals surface area (Å²) in [6.07, 6.45) is 0. The van der Waals surface area contributed by atoms with Crippen molar-refractivity contribution in [3.63, 3.8) is 0 Å². The number of hydrogen-bond donors (Lipinski definition) is 1. The molecular formula is C14H13FN2OS. The van der Waals surface area contributed by atoms with Crippen molar-refractivity contribution in [3.8, 4) is 11.6 Å². The van der Waals surface area contributed by atoms with Gasteiger partial charge in [-0.3, -0.25) is 0 Å². The fourth-order valence-corrected chi connectivity index (χ4v) is 2.06. The molecule has 0 aliphatic carbocycles. The normalized spacial score (nSPS) is 10.3. The quantitative estimate of drug-likeness (QED) is 0.874. The van der Waals surface area contributed by atoms with Crippen molar-refractivity contribution < 1.29 is 9.13 Å². The molecule has 0 saturated heterocycles. The first-order valence-corrected chi connectivity index (χ1v) is 6.10. The average Bonchev–Trinajstić information content (AvgIpc) is 2.30. The van der Waals surface area contributed by atoms with E-state index in [0.717, 1.165) is 11.3 Å². The van der Waals surface area contributed by atoms with E-state index >= 15 is 0 Å². The molecule has 2 rings (SSSR count). The third-order valence-corrected chi connectivity index (χ3v) is 2.81. The van der Waals surface area contributed by atoms with Crippen LogP contribution >= 0.6 is 12.2 Å². The number of para-hydroxylation sites is 1. The summed E-state index contributed by atoms with van der Waals surface area (Å²) in [6, 6.07) is 7.96. The highest BCUT2D eigenvalue weighted by molar-refractivity contribution is 7.80. The molecule has 0 atom stereocenters. The number of ether oxygens (including phenoxy) is 1. The van der Waals surface area contributed by atoms with Crippen LogP contribution in [0.3, 0.4) is 0 Å². The predicted octanol–water partition coefficient (Wildman–Crippen LogP) is 3.26. The molecule has 0 bridgehead atoms. The fraction of sp³-hybridized carbons (Fsp3) is 0.143. The Hall–Kier alpha value is -2.01. The Morgan fingerprint density at radius 2 is 2.00 bits per heavy atom. The van der Waals surface area contributed by atoms with Crippen molar-refractivity contribution in [1.82, 2.24) is 4.98 Å². The van der Waals surface area contributed by atoms with E-state index in [2.05, 4.69) is 4.98 Å². The van der Waals surface area contributed by atoms with Crippen LogP contribution in [0.4, 0.5) is 4.39 Å². The molecule has 3 nitrogen and oxygen atoms in total. The summed E-state index contributed by atoms with van der Waals surface area (Å²) in [5.74, 6) is -0.134. The SMILES string of the molecule is Cc1cc(C)c(C(N)=S)c(Oc2ccccc2F)n1. The second kappa shape index (κ2) is 5.32. The third-order valence-electron chi connectivity index (χ3n) is 2.60. The lowest BCUT2D eigenvalue weighted by atomic mass is 10.1. The van der Waals surface area contributed by atoms with Crippen LogP contribution in [0.1, 0.15) is 16.8 Å². The van der Waals surface area contributed by atoms with E-state index in [1.54, 1.807) is 12.1 Å². The molecule has 0 spiro atoms. The lowest BCUT2D eigenvalue weighted by Crippen LogP contribution is -2.14. The molecule has 1 aromatic carbocycles. The highest BCUT2D eigenvalue weighted by atomic mass is 32.1. The minimum atomic E-state index is -0.461. The maximum Gasteiger partial charge on any atom is 0.230 e. The van der Waals surface area contributed by atoms with E-state index in [1.165, 1.54) is 12.1 Å². The molecule has 0 aliphatic heterocycles. The summed E-state index contributed by atoms with van der Waals surface area (Å²) in [6.45, 7) is 3.68. The summed E-state index contributed by atoms with van der Waals surface area (Å²) in [5, 5.41) is 0. The van der Waals surface area contributed by atoms with Gasteiger partial charge >= 0.3 is 0 Å².